The van der Waals surface area contributed by atoms with Crippen LogP contribution < -0.4 is 11.2 Å². The van der Waals surface area contributed by atoms with Crippen LogP contribution in [0.1, 0.15) is 5.56 Å². The van der Waals surface area contributed by atoms with Crippen LogP contribution in [-0.2, 0) is 0 Å². The molecule has 0 atom stereocenters. The number of nitrogens with one attached hydrogen (secondary N) is 2. The summed E-state index contributed by atoms with van der Waals surface area (Å²) in [6.07, 6.45) is 0. The predicted molar refractivity (Wildman–Crippen MR) is 66.4 cm³/mol. The zero-order chi connectivity index (χ0) is 14.6. The summed E-state index contributed by atoms with van der Waals surface area (Å²) < 4.78 is 13.8. The fraction of sp³-hybridized carbons (Fsp3) is 0.100. The summed E-state index contributed by atoms with van der Waals surface area (Å²) in [5.41, 5.74) is 5.75. The Morgan fingerprint density at radius 3 is 2.79 bits per heavy atom. The van der Waals surface area contributed by atoms with E-state index in [2.05, 4.69) is 10.5 Å². The molecule has 0 unspecified atom stereocenters. The number of nitrogens with two attached hydrogens (primary N) is 1. The van der Waals surface area contributed by atoms with Gasteiger partial charge in [-0.2, -0.15) is 10.4 Å². The maximum absolute atomic E-state index is 13.8. The quantitative estimate of drug-likeness (QED) is 0.325. The predicted octanol–water partition coefficient (Wildman–Crippen LogP) is 1.27. The lowest BCUT2D eigenvalue weighted by Crippen LogP contribution is -2.22. The van der Waals surface area contributed by atoms with Gasteiger partial charge >= 0.3 is 0 Å². The normalized spacial score (nSPS) is 10.7. The molecule has 1 rings (SSSR count). The highest BCUT2D eigenvalue weighted by Crippen LogP contribution is 2.29. The Hall–Kier alpha value is -3.02. The fourth-order valence-corrected chi connectivity index (χ4v) is 1.19. The van der Waals surface area contributed by atoms with E-state index >= 15 is 0 Å². The van der Waals surface area contributed by atoms with Crippen LogP contribution in [-0.4, -0.2) is 16.5 Å². The number of hydrogen-bond donors (Lipinski definition) is 3. The molecule has 98 valence electrons. The Morgan fingerprint density at radius 1 is 1.68 bits per heavy atom. The van der Waals surface area contributed by atoms with E-state index in [1.165, 1.54) is 19.1 Å². The monoisotopic (exact) mass is 264 g/mol. The number of amidine groups is 1. The van der Waals surface area contributed by atoms with Crippen molar-refractivity contribution in [3.8, 4) is 6.07 Å². The summed E-state index contributed by atoms with van der Waals surface area (Å²) in [5, 5.41) is 29.7. The number of nitro groups is 1. The zero-order valence-corrected chi connectivity index (χ0v) is 9.77. The molecule has 8 nitrogen and oxygen atoms in total. The molecule has 0 bridgehead atoms. The number of aryl methyl sites for hydroxylation is 1. The van der Waals surface area contributed by atoms with E-state index in [9.17, 15) is 14.5 Å². The average Bonchev–Trinajstić information content (AvgIpc) is 2.34. The number of nitriles is 1. The van der Waals surface area contributed by atoms with Crippen molar-refractivity contribution in [3.63, 3.8) is 0 Å². The van der Waals surface area contributed by atoms with Gasteiger partial charge in [0.25, 0.3) is 5.69 Å². The summed E-state index contributed by atoms with van der Waals surface area (Å²) >= 11 is 0. The van der Waals surface area contributed by atoms with Crippen molar-refractivity contribution >= 4 is 22.9 Å². The lowest BCUT2D eigenvalue weighted by Gasteiger charge is -2.06. The maximum atomic E-state index is 13.8. The lowest BCUT2D eigenvalue weighted by molar-refractivity contribution is -0.384. The van der Waals surface area contributed by atoms with Gasteiger partial charge in [-0.3, -0.25) is 20.9 Å². The molecule has 1 aromatic carbocycles. The molecule has 0 aliphatic rings. The van der Waals surface area contributed by atoms with Crippen LogP contribution in [0, 0.1) is 39.6 Å². The number of hydrazone groups is 1. The smallest absolute Gasteiger partial charge is 0.297 e. The molecule has 19 heavy (non-hydrogen) atoms. The third-order valence-electron chi connectivity index (χ3n) is 2.15. The first kappa shape index (κ1) is 14.0. The van der Waals surface area contributed by atoms with Crippen LogP contribution in [0.25, 0.3) is 0 Å². The SMILES string of the molecule is Cc1ccc([N+](=O)[O-])c(N/N=C(\C#N)C(=N)N)c1F. The molecule has 0 spiro atoms. The Labute approximate surface area is 107 Å². The van der Waals surface area contributed by atoms with Crippen molar-refractivity contribution in [2.24, 2.45) is 10.8 Å². The molecule has 0 saturated heterocycles. The Morgan fingerprint density at radius 2 is 2.32 bits per heavy atom. The summed E-state index contributed by atoms with van der Waals surface area (Å²) in [4.78, 5) is 9.96. The Bertz CT molecular complexity index is 619. The second kappa shape index (κ2) is 5.54. The highest BCUT2D eigenvalue weighted by molar-refractivity contribution is 6.45. The van der Waals surface area contributed by atoms with Crippen LogP contribution in [0.15, 0.2) is 17.2 Å². The van der Waals surface area contributed by atoms with Crippen molar-refractivity contribution in [3.05, 3.63) is 33.6 Å². The zero-order valence-electron chi connectivity index (χ0n) is 9.77. The average molecular weight is 264 g/mol. The standard InChI is InChI=1S/C10H9FN6O2/c1-5-2-3-7(17(18)19)9(8(5)11)16-15-6(4-12)10(13)14/h2-3,16H,1H3,(H3,13,14)/b15-6+. The van der Waals surface area contributed by atoms with Gasteiger partial charge in [0, 0.05) is 6.07 Å². The Kier molecular flexibility index (Phi) is 4.10. The molecule has 4 N–H and O–H groups in total. The largest absolute Gasteiger partial charge is 0.382 e. The Balaban J connectivity index is 3.28. The highest BCUT2D eigenvalue weighted by Gasteiger charge is 2.20. The van der Waals surface area contributed by atoms with E-state index in [1.807, 2.05) is 0 Å². The summed E-state index contributed by atoms with van der Waals surface area (Å²) in [5.74, 6) is -1.50. The topological polar surface area (TPSA) is 141 Å². The lowest BCUT2D eigenvalue weighted by atomic mass is 10.2. The van der Waals surface area contributed by atoms with E-state index < -0.39 is 33.7 Å². The minimum atomic E-state index is -0.862. The number of nitro benzene ring substituents is 1. The number of rotatable bonds is 4. The van der Waals surface area contributed by atoms with Gasteiger partial charge in [0.1, 0.15) is 6.07 Å². The molecule has 0 aliphatic carbocycles. The van der Waals surface area contributed by atoms with Crippen LogP contribution in [0.3, 0.4) is 0 Å². The maximum Gasteiger partial charge on any atom is 0.297 e. The third kappa shape index (κ3) is 3.01. The molecular formula is C10H9FN6O2. The van der Waals surface area contributed by atoms with Gasteiger partial charge in [0.2, 0.25) is 5.71 Å². The number of hydrogen-bond acceptors (Lipinski definition) is 6. The number of halogens is 1. The minimum Gasteiger partial charge on any atom is -0.382 e. The highest BCUT2D eigenvalue weighted by atomic mass is 19.1. The second-order valence-electron chi connectivity index (χ2n) is 3.45. The van der Waals surface area contributed by atoms with Crippen LogP contribution in [0.2, 0.25) is 0 Å². The van der Waals surface area contributed by atoms with Gasteiger partial charge in [-0.1, -0.05) is 0 Å². The fourth-order valence-electron chi connectivity index (χ4n) is 1.19. The first-order valence-corrected chi connectivity index (χ1v) is 4.90. The molecule has 0 heterocycles. The van der Waals surface area contributed by atoms with Gasteiger partial charge < -0.3 is 5.73 Å². The molecule has 0 radical (unpaired) electrons. The van der Waals surface area contributed by atoms with E-state index in [0.717, 1.165) is 6.07 Å². The molecule has 0 aliphatic heterocycles. The van der Waals surface area contributed by atoms with Crippen molar-refractivity contribution in [2.45, 2.75) is 6.92 Å². The minimum absolute atomic E-state index is 0.171. The van der Waals surface area contributed by atoms with E-state index in [0.29, 0.717) is 0 Å². The van der Waals surface area contributed by atoms with Crippen molar-refractivity contribution in [1.29, 1.82) is 10.7 Å². The molecule has 0 saturated carbocycles. The molecule has 0 amide bonds. The number of benzene rings is 1. The van der Waals surface area contributed by atoms with Crippen LogP contribution in [0.4, 0.5) is 15.8 Å². The van der Waals surface area contributed by atoms with Crippen LogP contribution >= 0.6 is 0 Å². The van der Waals surface area contributed by atoms with Crippen molar-refractivity contribution in [1.82, 2.24) is 0 Å². The van der Waals surface area contributed by atoms with Gasteiger partial charge in [-0.15, -0.1) is 0 Å². The van der Waals surface area contributed by atoms with Crippen LogP contribution in [0.5, 0.6) is 0 Å². The molecule has 0 aromatic heterocycles. The van der Waals surface area contributed by atoms with E-state index in [4.69, 9.17) is 16.4 Å². The summed E-state index contributed by atoms with van der Waals surface area (Å²) in [6.45, 7) is 1.42. The second-order valence-corrected chi connectivity index (χ2v) is 3.45. The number of nitrogens with zero attached hydrogens (tertiary/aromatic N) is 3. The summed E-state index contributed by atoms with van der Waals surface area (Å²) in [7, 11) is 0. The van der Waals surface area contributed by atoms with Gasteiger partial charge in [0.15, 0.2) is 17.3 Å². The first-order chi connectivity index (χ1) is 8.88. The van der Waals surface area contributed by atoms with Gasteiger partial charge in [0.05, 0.1) is 4.92 Å². The van der Waals surface area contributed by atoms with Crippen molar-refractivity contribution in [2.75, 3.05) is 5.43 Å². The summed E-state index contributed by atoms with van der Waals surface area (Å²) in [6, 6.07) is 3.86. The molecule has 9 heteroatoms. The van der Waals surface area contributed by atoms with E-state index in [-0.39, 0.29) is 5.56 Å². The van der Waals surface area contributed by atoms with E-state index in [1.54, 1.807) is 0 Å². The van der Waals surface area contributed by atoms with Gasteiger partial charge in [-0.05, 0) is 18.6 Å². The number of anilines is 1. The third-order valence-corrected chi connectivity index (χ3v) is 2.15. The van der Waals surface area contributed by atoms with Gasteiger partial charge in [-0.25, -0.2) is 4.39 Å². The van der Waals surface area contributed by atoms with Crippen molar-refractivity contribution < 1.29 is 9.31 Å². The molecule has 0 fully saturated rings. The first-order valence-electron chi connectivity index (χ1n) is 4.90. The molecular weight excluding hydrogens is 255 g/mol. The molecule has 1 aromatic rings.